The minimum atomic E-state index is -0.428. The number of aryl methyl sites for hydroxylation is 1. The van der Waals surface area contributed by atoms with Crippen LogP contribution in [0.25, 0.3) is 10.9 Å². The smallest absolute Gasteiger partial charge is 0.243 e. The van der Waals surface area contributed by atoms with Gasteiger partial charge in [-0.25, -0.2) is 0 Å². The van der Waals surface area contributed by atoms with Crippen molar-refractivity contribution in [2.24, 2.45) is 0 Å². The summed E-state index contributed by atoms with van der Waals surface area (Å²) in [6.07, 6.45) is 0. The average molecular weight is 284 g/mol. The van der Waals surface area contributed by atoms with Crippen molar-refractivity contribution in [1.29, 1.82) is 0 Å². The second-order valence-corrected chi connectivity index (χ2v) is 5.06. The zero-order valence-corrected chi connectivity index (χ0v) is 11.6. The molecule has 1 fully saturated rings. The highest BCUT2D eigenvalue weighted by Crippen LogP contribution is 2.21. The van der Waals surface area contributed by atoms with Crippen molar-refractivity contribution >= 4 is 28.4 Å². The number of para-hydroxylation sites is 1. The normalized spacial score (nSPS) is 18.3. The van der Waals surface area contributed by atoms with Crippen LogP contribution >= 0.6 is 0 Å². The second-order valence-electron chi connectivity index (χ2n) is 5.06. The lowest BCUT2D eigenvalue weighted by molar-refractivity contribution is -0.124. The first-order valence-corrected chi connectivity index (χ1v) is 6.81. The molecule has 1 saturated heterocycles. The number of rotatable bonds is 2. The zero-order valence-electron chi connectivity index (χ0n) is 11.6. The monoisotopic (exact) mass is 284 g/mol. The van der Waals surface area contributed by atoms with Crippen LogP contribution in [0.5, 0.6) is 0 Å². The molecule has 0 bridgehead atoms. The van der Waals surface area contributed by atoms with Crippen LogP contribution in [0.3, 0.4) is 0 Å². The number of nitrogens with one attached hydrogen (secondary N) is 3. The van der Waals surface area contributed by atoms with Crippen LogP contribution in [0, 0.1) is 6.92 Å². The number of anilines is 1. The van der Waals surface area contributed by atoms with Gasteiger partial charge >= 0.3 is 0 Å². The third kappa shape index (κ3) is 2.85. The molecule has 1 atom stereocenters. The lowest BCUT2D eigenvalue weighted by Crippen LogP contribution is -2.56. The van der Waals surface area contributed by atoms with Gasteiger partial charge in [0.2, 0.25) is 11.8 Å². The summed E-state index contributed by atoms with van der Waals surface area (Å²) >= 11 is 0. The highest BCUT2D eigenvalue weighted by atomic mass is 16.2. The van der Waals surface area contributed by atoms with E-state index in [0.717, 1.165) is 16.6 Å². The third-order valence-electron chi connectivity index (χ3n) is 3.45. The molecule has 1 aromatic heterocycles. The number of nitrogens with zero attached hydrogens (tertiary/aromatic N) is 1. The van der Waals surface area contributed by atoms with Gasteiger partial charge in [0.15, 0.2) is 0 Å². The van der Waals surface area contributed by atoms with E-state index in [-0.39, 0.29) is 18.4 Å². The van der Waals surface area contributed by atoms with E-state index in [9.17, 15) is 9.59 Å². The molecular formula is C15H16N4O2. The number of amides is 2. The fourth-order valence-corrected chi connectivity index (χ4v) is 2.32. The van der Waals surface area contributed by atoms with Crippen molar-refractivity contribution in [3.05, 3.63) is 36.0 Å². The van der Waals surface area contributed by atoms with Gasteiger partial charge in [-0.15, -0.1) is 0 Å². The Morgan fingerprint density at radius 1 is 1.33 bits per heavy atom. The lowest BCUT2D eigenvalue weighted by atomic mass is 10.1. The highest BCUT2D eigenvalue weighted by Gasteiger charge is 2.24. The number of fused-ring (bicyclic) bond motifs is 1. The van der Waals surface area contributed by atoms with Crippen molar-refractivity contribution in [1.82, 2.24) is 15.6 Å². The van der Waals surface area contributed by atoms with Crippen LogP contribution in [-0.2, 0) is 9.59 Å². The second kappa shape index (κ2) is 5.49. The van der Waals surface area contributed by atoms with E-state index >= 15 is 0 Å². The summed E-state index contributed by atoms with van der Waals surface area (Å²) in [7, 11) is 0. The summed E-state index contributed by atoms with van der Waals surface area (Å²) in [4.78, 5) is 27.8. The Morgan fingerprint density at radius 3 is 2.95 bits per heavy atom. The molecule has 0 spiro atoms. The van der Waals surface area contributed by atoms with Crippen molar-refractivity contribution in [3.63, 3.8) is 0 Å². The van der Waals surface area contributed by atoms with E-state index in [2.05, 4.69) is 20.9 Å². The maximum Gasteiger partial charge on any atom is 0.243 e. The van der Waals surface area contributed by atoms with Crippen molar-refractivity contribution in [2.45, 2.75) is 13.0 Å². The Balaban J connectivity index is 1.83. The number of carbonyl (C=O) groups is 2. The molecule has 6 nitrogen and oxygen atoms in total. The highest BCUT2D eigenvalue weighted by molar-refractivity contribution is 6.03. The number of carbonyl (C=O) groups excluding carboxylic acids is 2. The first kappa shape index (κ1) is 13.5. The molecule has 1 unspecified atom stereocenters. The Kier molecular flexibility index (Phi) is 3.53. The minimum absolute atomic E-state index is 0.0958. The van der Waals surface area contributed by atoms with E-state index < -0.39 is 6.04 Å². The Hall–Kier alpha value is -2.47. The third-order valence-corrected chi connectivity index (χ3v) is 3.45. The van der Waals surface area contributed by atoms with Crippen molar-refractivity contribution < 1.29 is 9.59 Å². The molecule has 0 saturated carbocycles. The molecular weight excluding hydrogens is 268 g/mol. The van der Waals surface area contributed by atoms with Gasteiger partial charge in [-0.05, 0) is 19.1 Å². The first-order valence-electron chi connectivity index (χ1n) is 6.81. The summed E-state index contributed by atoms with van der Waals surface area (Å²) in [5.41, 5.74) is 2.35. The summed E-state index contributed by atoms with van der Waals surface area (Å²) < 4.78 is 0. The quantitative estimate of drug-likeness (QED) is 0.753. The lowest BCUT2D eigenvalue weighted by Gasteiger charge is -2.23. The van der Waals surface area contributed by atoms with Crippen molar-refractivity contribution in [2.75, 3.05) is 18.4 Å². The number of hydrogen-bond acceptors (Lipinski definition) is 4. The van der Waals surface area contributed by atoms with Crippen LogP contribution in [0.4, 0.5) is 5.69 Å². The molecule has 2 aromatic rings. The number of hydrogen-bond donors (Lipinski definition) is 3. The molecule has 1 aromatic carbocycles. The van der Waals surface area contributed by atoms with E-state index in [1.807, 2.05) is 37.3 Å². The molecule has 2 heterocycles. The first-order chi connectivity index (χ1) is 10.1. The number of aromatic nitrogens is 1. The van der Waals surface area contributed by atoms with Crippen molar-refractivity contribution in [3.8, 4) is 0 Å². The van der Waals surface area contributed by atoms with Gasteiger partial charge in [0, 0.05) is 17.6 Å². The molecule has 6 heteroatoms. The Labute approximate surface area is 121 Å². The maximum absolute atomic E-state index is 12.3. The van der Waals surface area contributed by atoms with Gasteiger partial charge in [0.1, 0.15) is 6.04 Å². The SMILES string of the molecule is Cc1ccc2cccc(NC(=O)C3CNC(=O)CN3)c2n1. The van der Waals surface area contributed by atoms with Gasteiger partial charge in [0.25, 0.3) is 0 Å². The van der Waals surface area contributed by atoms with Crippen LogP contribution in [-0.4, -0.2) is 35.9 Å². The van der Waals surface area contributed by atoms with Crippen LogP contribution < -0.4 is 16.0 Å². The minimum Gasteiger partial charge on any atom is -0.353 e. The van der Waals surface area contributed by atoms with Gasteiger partial charge < -0.3 is 10.6 Å². The molecule has 0 aliphatic carbocycles. The van der Waals surface area contributed by atoms with E-state index in [1.54, 1.807) is 0 Å². The maximum atomic E-state index is 12.3. The molecule has 21 heavy (non-hydrogen) atoms. The fraction of sp³-hybridized carbons (Fsp3) is 0.267. The van der Waals surface area contributed by atoms with E-state index in [1.165, 1.54) is 0 Å². The molecule has 1 aliphatic heterocycles. The summed E-state index contributed by atoms with van der Waals surface area (Å²) in [5, 5.41) is 9.43. The zero-order chi connectivity index (χ0) is 14.8. The molecule has 3 rings (SSSR count). The summed E-state index contributed by atoms with van der Waals surface area (Å²) in [6, 6.07) is 9.15. The predicted octanol–water partition coefficient (Wildman–Crippen LogP) is 0.570. The van der Waals surface area contributed by atoms with Crippen LogP contribution in [0.2, 0.25) is 0 Å². The average Bonchev–Trinajstić information content (AvgIpc) is 2.48. The van der Waals surface area contributed by atoms with Gasteiger partial charge in [-0.1, -0.05) is 18.2 Å². The van der Waals surface area contributed by atoms with E-state index in [0.29, 0.717) is 12.2 Å². The largest absolute Gasteiger partial charge is 0.353 e. The molecule has 108 valence electrons. The molecule has 0 radical (unpaired) electrons. The van der Waals surface area contributed by atoms with E-state index in [4.69, 9.17) is 0 Å². The summed E-state index contributed by atoms with van der Waals surface area (Å²) in [6.45, 7) is 2.36. The Morgan fingerprint density at radius 2 is 2.19 bits per heavy atom. The molecule has 1 aliphatic rings. The van der Waals surface area contributed by atoms with Gasteiger partial charge in [-0.2, -0.15) is 0 Å². The van der Waals surface area contributed by atoms with Crippen LogP contribution in [0.1, 0.15) is 5.69 Å². The van der Waals surface area contributed by atoms with Crippen LogP contribution in [0.15, 0.2) is 30.3 Å². The number of pyridine rings is 1. The standard InChI is InChI=1S/C15H16N4O2/c1-9-5-6-10-3-2-4-11(14(10)18-9)19-15(21)12-7-17-13(20)8-16-12/h2-6,12,16H,7-8H2,1H3,(H,17,20)(H,19,21). The topological polar surface area (TPSA) is 83.1 Å². The predicted molar refractivity (Wildman–Crippen MR) is 79.9 cm³/mol. The molecule has 2 amide bonds. The number of benzene rings is 1. The van der Waals surface area contributed by atoms with Gasteiger partial charge in [-0.3, -0.25) is 19.9 Å². The summed E-state index contributed by atoms with van der Waals surface area (Å²) in [5.74, 6) is -0.271. The number of piperazine rings is 1. The molecule has 3 N–H and O–H groups in total. The fourth-order valence-electron chi connectivity index (χ4n) is 2.32. The van der Waals surface area contributed by atoms with Gasteiger partial charge in [0.05, 0.1) is 17.7 Å². The Bertz CT molecular complexity index is 704.